The average molecular weight is 614 g/mol. The second-order valence-corrected chi connectivity index (χ2v) is 12.2. The first-order chi connectivity index (χ1) is 23.8. The van der Waals surface area contributed by atoms with Gasteiger partial charge in [-0.25, -0.2) is 9.97 Å². The standard InChI is InChI=1S/C44H27N3O/c1-3-13-28(14-4-1)43-32-17-7-9-21-36(32)45-44(46-43)34-20-12-24-40-42(34)35-27-29(25-26-39(35)48-40)31-19-11-23-38-41(31)33-18-8-10-22-37(33)47(38)30-15-5-2-6-16-30/h1-27H. The van der Waals surface area contributed by atoms with Crippen molar-refractivity contribution in [2.24, 2.45) is 0 Å². The van der Waals surface area contributed by atoms with Crippen LogP contribution in [0.2, 0.25) is 0 Å². The molecule has 0 spiro atoms. The Bertz CT molecular complexity index is 2830. The van der Waals surface area contributed by atoms with Gasteiger partial charge in [-0.15, -0.1) is 0 Å². The molecule has 224 valence electrons. The van der Waals surface area contributed by atoms with Crippen molar-refractivity contribution in [2.75, 3.05) is 0 Å². The molecule has 0 unspecified atom stereocenters. The van der Waals surface area contributed by atoms with E-state index in [4.69, 9.17) is 14.4 Å². The summed E-state index contributed by atoms with van der Waals surface area (Å²) >= 11 is 0. The summed E-state index contributed by atoms with van der Waals surface area (Å²) in [5, 5.41) is 5.54. The molecule has 0 fully saturated rings. The first kappa shape index (κ1) is 26.7. The van der Waals surface area contributed by atoms with Crippen LogP contribution in [0.25, 0.3) is 94.1 Å². The van der Waals surface area contributed by atoms with Gasteiger partial charge in [-0.05, 0) is 59.7 Å². The monoisotopic (exact) mass is 613 g/mol. The Morgan fingerprint density at radius 3 is 2.02 bits per heavy atom. The second-order valence-electron chi connectivity index (χ2n) is 12.2. The normalized spacial score (nSPS) is 11.8. The van der Waals surface area contributed by atoms with E-state index in [9.17, 15) is 0 Å². The van der Waals surface area contributed by atoms with Crippen LogP contribution in [0.1, 0.15) is 0 Å². The summed E-state index contributed by atoms with van der Waals surface area (Å²) in [5.41, 5.74) is 11.3. The van der Waals surface area contributed by atoms with Gasteiger partial charge in [0.2, 0.25) is 0 Å². The van der Waals surface area contributed by atoms with Crippen LogP contribution in [-0.2, 0) is 0 Å². The number of furan rings is 1. The maximum absolute atomic E-state index is 6.47. The lowest BCUT2D eigenvalue weighted by atomic mass is 9.97. The van der Waals surface area contributed by atoms with Crippen molar-refractivity contribution in [3.63, 3.8) is 0 Å². The Morgan fingerprint density at radius 1 is 0.438 bits per heavy atom. The highest BCUT2D eigenvalue weighted by atomic mass is 16.3. The van der Waals surface area contributed by atoms with Crippen LogP contribution in [0.4, 0.5) is 0 Å². The van der Waals surface area contributed by atoms with Crippen LogP contribution >= 0.6 is 0 Å². The molecule has 0 aliphatic heterocycles. The molecule has 3 heterocycles. The Labute approximate surface area is 276 Å². The summed E-state index contributed by atoms with van der Waals surface area (Å²) in [6, 6.07) is 57.2. The van der Waals surface area contributed by atoms with E-state index in [-0.39, 0.29) is 0 Å². The molecular formula is C44H27N3O. The predicted octanol–water partition coefficient (Wildman–Crippen LogP) is 11.6. The number of hydrogen-bond acceptors (Lipinski definition) is 3. The Hall–Kier alpha value is -6.52. The number of aromatic nitrogens is 3. The van der Waals surface area contributed by atoms with Crippen LogP contribution in [0.3, 0.4) is 0 Å². The topological polar surface area (TPSA) is 43.9 Å². The summed E-state index contributed by atoms with van der Waals surface area (Å²) in [6.45, 7) is 0. The third-order valence-corrected chi connectivity index (χ3v) is 9.41. The van der Waals surface area contributed by atoms with E-state index in [1.54, 1.807) is 0 Å². The van der Waals surface area contributed by atoms with Crippen LogP contribution in [0.15, 0.2) is 168 Å². The van der Waals surface area contributed by atoms with Gasteiger partial charge in [0.05, 0.1) is 22.2 Å². The van der Waals surface area contributed by atoms with Crippen LogP contribution in [-0.4, -0.2) is 14.5 Å². The molecule has 0 aliphatic rings. The van der Waals surface area contributed by atoms with Crippen molar-refractivity contribution >= 4 is 54.6 Å². The fraction of sp³-hybridized carbons (Fsp3) is 0. The highest BCUT2D eigenvalue weighted by molar-refractivity contribution is 6.18. The molecule has 0 radical (unpaired) electrons. The Kier molecular flexibility index (Phi) is 5.84. The van der Waals surface area contributed by atoms with Crippen molar-refractivity contribution in [1.82, 2.24) is 14.5 Å². The molecule has 4 heteroatoms. The van der Waals surface area contributed by atoms with Crippen molar-refractivity contribution in [1.29, 1.82) is 0 Å². The van der Waals surface area contributed by atoms with Gasteiger partial charge in [-0.1, -0.05) is 115 Å². The summed E-state index contributed by atoms with van der Waals surface area (Å²) in [5.74, 6) is 0.680. The lowest BCUT2D eigenvalue weighted by molar-refractivity contribution is 0.669. The lowest BCUT2D eigenvalue weighted by Gasteiger charge is -2.10. The molecule has 0 bridgehead atoms. The van der Waals surface area contributed by atoms with Crippen molar-refractivity contribution < 1.29 is 4.42 Å². The van der Waals surface area contributed by atoms with E-state index in [1.165, 1.54) is 27.4 Å². The maximum atomic E-state index is 6.47. The number of rotatable bonds is 4. The Morgan fingerprint density at radius 2 is 1.15 bits per heavy atom. The van der Waals surface area contributed by atoms with Gasteiger partial charge in [-0.3, -0.25) is 0 Å². The van der Waals surface area contributed by atoms with Gasteiger partial charge in [-0.2, -0.15) is 0 Å². The van der Waals surface area contributed by atoms with Gasteiger partial charge in [0, 0.05) is 43.7 Å². The molecule has 0 amide bonds. The van der Waals surface area contributed by atoms with Crippen LogP contribution < -0.4 is 0 Å². The lowest BCUT2D eigenvalue weighted by Crippen LogP contribution is -1.95. The quantitative estimate of drug-likeness (QED) is 0.198. The molecule has 7 aromatic carbocycles. The molecule has 3 aromatic heterocycles. The van der Waals surface area contributed by atoms with E-state index in [1.807, 2.05) is 30.3 Å². The van der Waals surface area contributed by atoms with Gasteiger partial charge in [0.25, 0.3) is 0 Å². The van der Waals surface area contributed by atoms with Crippen molar-refractivity contribution in [3.8, 4) is 39.5 Å². The number of benzene rings is 7. The first-order valence-electron chi connectivity index (χ1n) is 16.2. The minimum atomic E-state index is 0.680. The van der Waals surface area contributed by atoms with Crippen LogP contribution in [0.5, 0.6) is 0 Å². The number of fused-ring (bicyclic) bond motifs is 7. The third-order valence-electron chi connectivity index (χ3n) is 9.41. The number of nitrogens with zero attached hydrogens (tertiary/aromatic N) is 3. The minimum absolute atomic E-state index is 0.680. The molecule has 48 heavy (non-hydrogen) atoms. The van der Waals surface area contributed by atoms with Gasteiger partial charge in [0.15, 0.2) is 5.82 Å². The van der Waals surface area contributed by atoms with E-state index in [0.29, 0.717) is 5.82 Å². The molecule has 0 atom stereocenters. The smallest absolute Gasteiger partial charge is 0.161 e. The fourth-order valence-corrected chi connectivity index (χ4v) is 7.31. The zero-order valence-corrected chi connectivity index (χ0v) is 25.8. The van der Waals surface area contributed by atoms with Gasteiger partial charge in [0.1, 0.15) is 11.2 Å². The molecule has 4 nitrogen and oxygen atoms in total. The zero-order valence-electron chi connectivity index (χ0n) is 25.8. The molecule has 10 rings (SSSR count). The Balaban J connectivity index is 1.22. The molecule has 0 N–H and O–H groups in total. The molecule has 0 saturated heterocycles. The molecule has 10 aromatic rings. The maximum Gasteiger partial charge on any atom is 0.161 e. The highest BCUT2D eigenvalue weighted by Crippen LogP contribution is 2.42. The van der Waals surface area contributed by atoms with Gasteiger partial charge >= 0.3 is 0 Å². The van der Waals surface area contributed by atoms with Gasteiger partial charge < -0.3 is 8.98 Å². The SMILES string of the molecule is c1ccc(-c2nc(-c3cccc4oc5ccc(-c6cccc7c6c6ccccc6n7-c6ccccc6)cc5c34)nc3ccccc23)cc1. The predicted molar refractivity (Wildman–Crippen MR) is 197 cm³/mol. The minimum Gasteiger partial charge on any atom is -0.456 e. The highest BCUT2D eigenvalue weighted by Gasteiger charge is 2.20. The summed E-state index contributed by atoms with van der Waals surface area (Å²) in [6.07, 6.45) is 0. The number of hydrogen-bond donors (Lipinski definition) is 0. The summed E-state index contributed by atoms with van der Waals surface area (Å²) in [7, 11) is 0. The first-order valence-corrected chi connectivity index (χ1v) is 16.2. The molecule has 0 saturated carbocycles. The molecule has 0 aliphatic carbocycles. The fourth-order valence-electron chi connectivity index (χ4n) is 7.31. The van der Waals surface area contributed by atoms with Crippen LogP contribution in [0, 0.1) is 0 Å². The van der Waals surface area contributed by atoms with Crippen molar-refractivity contribution in [2.45, 2.75) is 0 Å². The average Bonchev–Trinajstić information content (AvgIpc) is 3.71. The largest absolute Gasteiger partial charge is 0.456 e. The molecular weight excluding hydrogens is 587 g/mol. The summed E-state index contributed by atoms with van der Waals surface area (Å²) < 4.78 is 8.83. The van der Waals surface area contributed by atoms with E-state index >= 15 is 0 Å². The second kappa shape index (κ2) is 10.5. The third kappa shape index (κ3) is 4.03. The van der Waals surface area contributed by atoms with E-state index < -0.39 is 0 Å². The van der Waals surface area contributed by atoms with Crippen molar-refractivity contribution in [3.05, 3.63) is 164 Å². The summed E-state index contributed by atoms with van der Waals surface area (Å²) in [4.78, 5) is 10.3. The number of para-hydroxylation sites is 3. The zero-order chi connectivity index (χ0) is 31.6. The van der Waals surface area contributed by atoms with E-state index in [0.717, 1.165) is 60.9 Å². The van der Waals surface area contributed by atoms with E-state index in [2.05, 4.69) is 138 Å².